The number of benzene rings is 2. The van der Waals surface area contributed by atoms with Crippen molar-refractivity contribution in [1.82, 2.24) is 0 Å². The summed E-state index contributed by atoms with van der Waals surface area (Å²) in [5, 5.41) is 11.4. The third-order valence-corrected chi connectivity index (χ3v) is 5.76. The molecule has 0 spiro atoms. The zero-order valence-corrected chi connectivity index (χ0v) is 20.1. The van der Waals surface area contributed by atoms with Crippen molar-refractivity contribution in [3.8, 4) is 0 Å². The van der Waals surface area contributed by atoms with Crippen LogP contribution >= 0.6 is 0 Å². The van der Waals surface area contributed by atoms with Crippen LogP contribution in [0.2, 0.25) is 0 Å². The van der Waals surface area contributed by atoms with Crippen molar-refractivity contribution in [3.63, 3.8) is 0 Å². The highest BCUT2D eigenvalue weighted by atomic mass is 16.6. The lowest BCUT2D eigenvalue weighted by Gasteiger charge is -2.48. The molecule has 1 aliphatic carbocycles. The number of ether oxygens (including phenoxy) is 5. The second kappa shape index (κ2) is 14.7. The zero-order valence-electron chi connectivity index (χ0n) is 20.1. The summed E-state index contributed by atoms with van der Waals surface area (Å²) >= 11 is 0. The Bertz CT molecular complexity index is 887. The van der Waals surface area contributed by atoms with Crippen LogP contribution in [-0.2, 0) is 36.9 Å². The summed E-state index contributed by atoms with van der Waals surface area (Å²) in [6, 6.07) is 19.7. The Morgan fingerprint density at radius 3 is 1.29 bits per heavy atom. The maximum Gasteiger partial charge on any atom is 0.116 e. The van der Waals surface area contributed by atoms with Gasteiger partial charge in [0.1, 0.15) is 36.6 Å². The number of rotatable bonds is 15. The molecule has 1 saturated carbocycles. The van der Waals surface area contributed by atoms with Gasteiger partial charge in [0.05, 0.1) is 33.0 Å². The fraction of sp³-hybridized carbons (Fsp3) is 0.379. The van der Waals surface area contributed by atoms with Crippen molar-refractivity contribution in [1.29, 1.82) is 0 Å². The van der Waals surface area contributed by atoms with E-state index in [4.69, 9.17) is 23.7 Å². The van der Waals surface area contributed by atoms with Gasteiger partial charge in [-0.05, 0) is 11.1 Å². The van der Waals surface area contributed by atoms with Gasteiger partial charge in [0.15, 0.2) is 0 Å². The van der Waals surface area contributed by atoms with Crippen LogP contribution < -0.4 is 0 Å². The molecule has 1 N–H and O–H groups in total. The van der Waals surface area contributed by atoms with Crippen molar-refractivity contribution in [2.24, 2.45) is 0 Å². The van der Waals surface area contributed by atoms with Crippen molar-refractivity contribution < 1.29 is 28.8 Å². The molecule has 6 heteroatoms. The summed E-state index contributed by atoms with van der Waals surface area (Å²) < 4.78 is 31.0. The number of aliphatic hydroxyl groups is 1. The number of aliphatic hydroxyl groups excluding tert-OH is 1. The van der Waals surface area contributed by atoms with Gasteiger partial charge in [0.25, 0.3) is 0 Å². The van der Waals surface area contributed by atoms with Gasteiger partial charge in [-0.2, -0.15) is 0 Å². The molecular weight excluding hydrogens is 444 g/mol. The first-order valence-electron chi connectivity index (χ1n) is 11.9. The summed E-state index contributed by atoms with van der Waals surface area (Å²) in [6.07, 6.45) is 0.606. The summed E-state index contributed by atoms with van der Waals surface area (Å²) in [5.41, 5.74) is 2.01. The Balaban J connectivity index is 1.93. The molecule has 0 aliphatic heterocycles. The highest BCUT2D eigenvalue weighted by molar-refractivity contribution is 5.15. The molecule has 188 valence electrons. The van der Waals surface area contributed by atoms with E-state index in [1.54, 1.807) is 18.2 Å². The molecule has 0 bridgehead atoms. The average molecular weight is 481 g/mol. The Hall–Kier alpha value is -2.58. The SMILES string of the molecule is C=CCO[C@H]1[C@@H](OCc2ccccc2)[C@@H](OCc2ccccc2)[C@H](OCC=C)[C@H](O)[C@H]1OCC=C. The molecule has 1 aliphatic rings. The normalized spacial score (nSPS) is 26.2. The maximum absolute atomic E-state index is 11.4. The van der Waals surface area contributed by atoms with E-state index in [-0.39, 0.29) is 19.8 Å². The Morgan fingerprint density at radius 2 is 0.886 bits per heavy atom. The molecule has 0 aromatic heterocycles. The largest absolute Gasteiger partial charge is 0.387 e. The lowest BCUT2D eigenvalue weighted by atomic mass is 9.83. The summed E-state index contributed by atoms with van der Waals surface area (Å²) in [4.78, 5) is 0. The molecule has 6 atom stereocenters. The van der Waals surface area contributed by atoms with Gasteiger partial charge in [-0.25, -0.2) is 0 Å². The first-order valence-corrected chi connectivity index (χ1v) is 11.9. The molecule has 0 unspecified atom stereocenters. The van der Waals surface area contributed by atoms with E-state index in [2.05, 4.69) is 19.7 Å². The zero-order chi connectivity index (χ0) is 24.9. The van der Waals surface area contributed by atoms with Crippen molar-refractivity contribution in [2.45, 2.75) is 49.8 Å². The minimum Gasteiger partial charge on any atom is -0.387 e. The van der Waals surface area contributed by atoms with Gasteiger partial charge in [0.2, 0.25) is 0 Å². The van der Waals surface area contributed by atoms with Gasteiger partial charge in [0, 0.05) is 0 Å². The highest BCUT2D eigenvalue weighted by Gasteiger charge is 2.53. The van der Waals surface area contributed by atoms with Crippen LogP contribution in [0, 0.1) is 0 Å². The maximum atomic E-state index is 11.4. The lowest BCUT2D eigenvalue weighted by Crippen LogP contribution is -2.67. The minimum absolute atomic E-state index is 0.241. The average Bonchev–Trinajstić information content (AvgIpc) is 2.90. The van der Waals surface area contributed by atoms with Crippen molar-refractivity contribution in [2.75, 3.05) is 19.8 Å². The van der Waals surface area contributed by atoms with E-state index in [9.17, 15) is 5.11 Å². The predicted octanol–water partition coefficient (Wildman–Crippen LogP) is 4.25. The molecule has 1 fully saturated rings. The van der Waals surface area contributed by atoms with Gasteiger partial charge in [-0.3, -0.25) is 0 Å². The van der Waals surface area contributed by atoms with Crippen LogP contribution in [0.1, 0.15) is 11.1 Å². The van der Waals surface area contributed by atoms with E-state index in [0.717, 1.165) is 11.1 Å². The molecule has 2 aromatic rings. The molecule has 0 saturated heterocycles. The Morgan fingerprint density at radius 1 is 0.543 bits per heavy atom. The van der Waals surface area contributed by atoms with E-state index in [1.807, 2.05) is 60.7 Å². The van der Waals surface area contributed by atoms with Gasteiger partial charge < -0.3 is 28.8 Å². The van der Waals surface area contributed by atoms with Gasteiger partial charge in [-0.1, -0.05) is 78.9 Å². The third-order valence-electron chi connectivity index (χ3n) is 5.76. The fourth-order valence-electron chi connectivity index (χ4n) is 4.16. The Labute approximate surface area is 208 Å². The van der Waals surface area contributed by atoms with Crippen LogP contribution in [0.4, 0.5) is 0 Å². The molecule has 3 rings (SSSR count). The van der Waals surface area contributed by atoms with Gasteiger partial charge in [-0.15, -0.1) is 19.7 Å². The first-order chi connectivity index (χ1) is 17.2. The second-order valence-electron chi connectivity index (χ2n) is 8.27. The molecule has 0 radical (unpaired) electrons. The molecule has 0 amide bonds. The number of hydrogen-bond donors (Lipinski definition) is 1. The molecule has 2 aromatic carbocycles. The smallest absolute Gasteiger partial charge is 0.116 e. The van der Waals surface area contributed by atoms with Gasteiger partial charge >= 0.3 is 0 Å². The Kier molecular flexibility index (Phi) is 11.4. The monoisotopic (exact) mass is 480 g/mol. The van der Waals surface area contributed by atoms with Crippen LogP contribution in [0.3, 0.4) is 0 Å². The highest BCUT2D eigenvalue weighted by Crippen LogP contribution is 2.33. The minimum atomic E-state index is -1.03. The molecule has 0 heterocycles. The number of hydrogen-bond acceptors (Lipinski definition) is 6. The predicted molar refractivity (Wildman–Crippen MR) is 136 cm³/mol. The third kappa shape index (κ3) is 7.70. The van der Waals surface area contributed by atoms with E-state index in [1.165, 1.54) is 0 Å². The standard InChI is InChI=1S/C29H36O6/c1-4-17-31-25-24(30)26(32-18-5-2)28(34-20-22-13-9-7-10-14-22)29(27(25)33-19-6-3)35-21-23-15-11-8-12-16-23/h4-16,24-30H,1-3,17-21H2/t24-,25-,26-,27-,28+,29-/m1/s1. The fourth-order valence-corrected chi connectivity index (χ4v) is 4.16. The van der Waals surface area contributed by atoms with Crippen LogP contribution in [-0.4, -0.2) is 61.6 Å². The second-order valence-corrected chi connectivity index (χ2v) is 8.27. The summed E-state index contributed by atoms with van der Waals surface area (Å²) in [5.74, 6) is 0. The molecule has 6 nitrogen and oxygen atoms in total. The van der Waals surface area contributed by atoms with E-state index < -0.39 is 36.6 Å². The lowest BCUT2D eigenvalue weighted by molar-refractivity contribution is -0.273. The van der Waals surface area contributed by atoms with Crippen molar-refractivity contribution in [3.05, 3.63) is 110 Å². The first kappa shape index (κ1) is 27.0. The topological polar surface area (TPSA) is 66.4 Å². The summed E-state index contributed by atoms with van der Waals surface area (Å²) in [7, 11) is 0. The molecular formula is C29H36O6. The van der Waals surface area contributed by atoms with Crippen molar-refractivity contribution >= 4 is 0 Å². The quantitative estimate of drug-likeness (QED) is 0.385. The van der Waals surface area contributed by atoms with E-state index >= 15 is 0 Å². The van der Waals surface area contributed by atoms with Crippen LogP contribution in [0.5, 0.6) is 0 Å². The van der Waals surface area contributed by atoms with E-state index in [0.29, 0.717) is 13.2 Å². The van der Waals surface area contributed by atoms with Crippen LogP contribution in [0.15, 0.2) is 98.6 Å². The molecule has 35 heavy (non-hydrogen) atoms. The summed E-state index contributed by atoms with van der Waals surface area (Å²) in [6.45, 7) is 12.7. The van der Waals surface area contributed by atoms with Crippen LogP contribution in [0.25, 0.3) is 0 Å².